The molecule has 2 saturated heterocycles. The number of thiazole rings is 2. The molecule has 0 spiro atoms. The number of carbonyl (C=O) groups is 6. The highest BCUT2D eigenvalue weighted by Gasteiger charge is 2.64. The largest absolute Gasteiger partial charge is 0.573 e. The summed E-state index contributed by atoms with van der Waals surface area (Å²) in [4.78, 5) is 111. The molecule has 4 saturated carbocycles. The molecule has 4 aliphatic carbocycles. The van der Waals surface area contributed by atoms with Crippen LogP contribution in [0.25, 0.3) is 43.2 Å². The van der Waals surface area contributed by atoms with Crippen LogP contribution in [0.2, 0.25) is 0 Å². The molecule has 4 aromatic carbocycles. The summed E-state index contributed by atoms with van der Waals surface area (Å²) in [6.07, 6.45) is 11.8. The zero-order valence-corrected chi connectivity index (χ0v) is 75.5. The zero-order valence-electron chi connectivity index (χ0n) is 72.2. The number of nitrogens with one attached hydrogen (secondary N) is 3. The molecule has 16 rings (SSSR count). The summed E-state index contributed by atoms with van der Waals surface area (Å²) < 4.78 is 125. The van der Waals surface area contributed by atoms with E-state index in [0.29, 0.717) is 126 Å². The molecule has 6 fully saturated rings. The second-order valence-electron chi connectivity index (χ2n) is 36.1. The number of sulfonamides is 2. The van der Waals surface area contributed by atoms with Gasteiger partial charge in [0.25, 0.3) is 0 Å². The Morgan fingerprint density at radius 1 is 0.600 bits per heavy atom. The average Bonchev–Trinajstić information content (AvgIpc) is 1.57. The van der Waals surface area contributed by atoms with Gasteiger partial charge in [-0.2, -0.15) is 0 Å². The van der Waals surface area contributed by atoms with Crippen molar-refractivity contribution in [3.05, 3.63) is 154 Å². The number of hydrogen-bond donors (Lipinski definition) is 3. The molecule has 0 bridgehead atoms. The lowest BCUT2D eigenvalue weighted by Gasteiger charge is -2.30. The Kier molecular flexibility index (Phi) is 26.3. The van der Waals surface area contributed by atoms with Gasteiger partial charge < -0.3 is 38.8 Å². The second kappa shape index (κ2) is 36.5. The molecule has 0 radical (unpaired) electrons. The molecule has 24 nitrogen and oxygen atoms in total. The number of nitrogens with zero attached hydrogens (tertiary/aromatic N) is 6. The van der Waals surface area contributed by atoms with Crippen molar-refractivity contribution in [1.29, 1.82) is 0 Å². The van der Waals surface area contributed by atoms with Crippen LogP contribution < -0.4 is 38.4 Å². The second-order valence-corrected chi connectivity index (χ2v) is 42.0. The first-order valence-corrected chi connectivity index (χ1v) is 48.4. The predicted molar refractivity (Wildman–Crippen MR) is 474 cm³/mol. The van der Waals surface area contributed by atoms with Gasteiger partial charge in [-0.25, -0.2) is 36.8 Å². The molecule has 31 heteroatoms. The standard InChI is InChI=1S/C47H54F3N5O8S2.C47H56N4O7S2/c1-27(2)36-26-64-42(53-36)35-22-40(33-16-17-39(61-5)28(3)41(33)52-35)62-32-21-37-38(56)24-46(44(58)54-65(59,60)45(4)18-19-45)23-29(46)12-9-7-6-8-10-15-34(43(57)55(37)25-32)51-30-13-11-14-31(20-30)63-47(48,49)50;1-28(2)38-27-59-44(49-38)37-23-42(36-18-19-41(57-5)30(4)43(36)48-37)58-34-22-39-40(52)25-47(46(54)50-60(55,56)35-16-17-35)24-33(47)15-10-8-6-7-9-14-32(45(53)51(39)26-34)21-31-13-11-12-29(3)20-31/h9,11-14,16-17,20,22,26-27,29,32,34,37,51H,6-8,10,15,18-19,21,23-25H2,1-5H3,(H,54,58);10-13,15,18-20,23,27-28,32-35,39H,6-9,14,16-17,21-22,24-26H2,1-5H3,(H,50,54)/b12-9-;15-10-/t29-,32-,34+,37+,46-;32-,33-,34-,39+,47-/m11/s1. The number of alkyl halides is 3. The van der Waals surface area contributed by atoms with E-state index in [1.165, 1.54) is 51.8 Å². The summed E-state index contributed by atoms with van der Waals surface area (Å²) in [5, 5.41) is 9.50. The number of Topliss-reactive ketones (excluding diaryl/α,β-unsaturated/α-hetero) is 2. The van der Waals surface area contributed by atoms with E-state index in [0.717, 1.165) is 76.1 Å². The number of pyridine rings is 2. The summed E-state index contributed by atoms with van der Waals surface area (Å²) in [5.41, 5.74) is 5.94. The number of ketones is 2. The van der Waals surface area contributed by atoms with Crippen molar-refractivity contribution in [3.63, 3.8) is 0 Å². The van der Waals surface area contributed by atoms with E-state index >= 15 is 9.59 Å². The molecule has 4 amide bonds. The van der Waals surface area contributed by atoms with Crippen LogP contribution in [0.5, 0.6) is 28.7 Å². The number of hydrogen-bond acceptors (Lipinski definition) is 22. The summed E-state index contributed by atoms with van der Waals surface area (Å²) in [7, 11) is -4.64. The number of aryl methyl sites for hydroxylation is 3. The van der Waals surface area contributed by atoms with Crippen LogP contribution in [0, 0.1) is 49.4 Å². The monoisotopic (exact) mass is 1790 g/mol. The topological polar surface area (TPSA) is 311 Å². The third-order valence-corrected chi connectivity index (χ3v) is 31.9. The maximum atomic E-state index is 15.0. The molecule has 0 unspecified atom stereocenters. The zero-order chi connectivity index (χ0) is 88.8. The molecule has 3 N–H and O–H groups in total. The van der Waals surface area contributed by atoms with Gasteiger partial charge in [0.1, 0.15) is 68.4 Å². The fourth-order valence-electron chi connectivity index (χ4n) is 18.0. The number of anilines is 1. The average molecular weight is 1790 g/mol. The number of rotatable bonds is 21. The minimum Gasteiger partial charge on any atom is -0.496 e. The number of carbonyl (C=O) groups excluding carboxylic acids is 6. The van der Waals surface area contributed by atoms with Gasteiger partial charge >= 0.3 is 6.36 Å². The Balaban J connectivity index is 0.000000194. The van der Waals surface area contributed by atoms with Gasteiger partial charge in [0.2, 0.25) is 43.7 Å². The van der Waals surface area contributed by atoms with Crippen LogP contribution in [0.15, 0.2) is 120 Å². The lowest BCUT2D eigenvalue weighted by molar-refractivity contribution is -0.274. The van der Waals surface area contributed by atoms with Gasteiger partial charge in [0.05, 0.1) is 82.6 Å². The molecule has 8 heterocycles. The van der Waals surface area contributed by atoms with Crippen LogP contribution in [0.4, 0.5) is 18.9 Å². The third kappa shape index (κ3) is 20.0. The highest BCUT2D eigenvalue weighted by molar-refractivity contribution is 7.91. The van der Waals surface area contributed by atoms with Gasteiger partial charge in [-0.15, -0.1) is 35.8 Å². The first kappa shape index (κ1) is 90.0. The van der Waals surface area contributed by atoms with Gasteiger partial charge in [-0.1, -0.05) is 114 Å². The van der Waals surface area contributed by atoms with Gasteiger partial charge in [-0.3, -0.25) is 38.2 Å². The highest BCUT2D eigenvalue weighted by Crippen LogP contribution is 2.59. The minimum atomic E-state index is -4.93. The maximum absolute atomic E-state index is 15.0. The molecule has 8 aromatic rings. The fourth-order valence-corrected chi connectivity index (χ4v) is 22.6. The molecule has 4 aromatic heterocycles. The van der Waals surface area contributed by atoms with Crippen LogP contribution in [0.3, 0.4) is 0 Å². The maximum Gasteiger partial charge on any atom is 0.573 e. The van der Waals surface area contributed by atoms with Crippen molar-refractivity contribution in [2.75, 3.05) is 32.6 Å². The number of amides is 4. The van der Waals surface area contributed by atoms with Crippen molar-refractivity contribution in [3.8, 4) is 50.2 Å². The quantitative estimate of drug-likeness (QED) is 0.0563. The SMILES string of the molecule is COc1ccc2c(O[C@@H]3C[C@H]4C(=O)C[C@]5(C(=O)NS(=O)(=O)C6(C)CC6)C[C@H]5/C=C\CCCCC[C@H](Nc5cccc(OC(F)(F)F)c5)C(=O)N4C3)cc(-c3nc(C(C)C)cs3)nc2c1C.COc1ccc2c(O[C@@H]3C[C@H]4C(=O)C[C@]5(C(=O)NS(=O)(=O)C6CC6)C[C@H]5/C=C\CCCCC[C@H](Cc5cccc(C)c5)C(=O)N4C3)cc(-c3nc(C(C)C)cs3)nc2c1C. The Hall–Kier alpha value is -9.85. The molecular weight excluding hydrogens is 1680 g/mol. The molecule has 4 aliphatic heterocycles. The van der Waals surface area contributed by atoms with Crippen molar-refractivity contribution in [1.82, 2.24) is 39.2 Å². The normalized spacial score (nSPS) is 25.4. The third-order valence-electron chi connectivity index (χ3n) is 26.1. The molecule has 8 aliphatic rings. The molecule has 666 valence electrons. The Morgan fingerprint density at radius 2 is 1.11 bits per heavy atom. The van der Waals surface area contributed by atoms with Crippen LogP contribution in [-0.2, 0) is 55.2 Å². The number of allylic oxidation sites excluding steroid dienone is 4. The minimum absolute atomic E-state index is 0.0387. The molecule has 10 atom stereocenters. The Labute approximate surface area is 736 Å². The lowest BCUT2D eigenvalue weighted by Crippen LogP contribution is -2.49. The summed E-state index contributed by atoms with van der Waals surface area (Å²) >= 11 is 2.98. The van der Waals surface area contributed by atoms with E-state index in [2.05, 4.69) is 65.4 Å². The van der Waals surface area contributed by atoms with Crippen molar-refractivity contribution in [2.24, 2.45) is 28.6 Å². The van der Waals surface area contributed by atoms with E-state index in [1.54, 1.807) is 32.1 Å². The van der Waals surface area contributed by atoms with E-state index in [1.807, 2.05) is 92.2 Å². The van der Waals surface area contributed by atoms with Crippen molar-refractivity contribution in [2.45, 2.75) is 249 Å². The first-order chi connectivity index (χ1) is 59.5. The van der Waals surface area contributed by atoms with Crippen LogP contribution >= 0.6 is 22.7 Å². The van der Waals surface area contributed by atoms with Crippen LogP contribution in [-0.4, -0.2) is 156 Å². The van der Waals surface area contributed by atoms with Gasteiger partial charge in [-0.05, 0) is 177 Å². The Bertz CT molecular complexity index is 5770. The molecular formula is C94H110F3N9O15S4. The number of fused-ring (bicyclic) bond motifs is 6. The van der Waals surface area contributed by atoms with E-state index in [9.17, 15) is 49.2 Å². The highest BCUT2D eigenvalue weighted by atomic mass is 32.2. The number of halogens is 3. The number of aromatic nitrogens is 4. The van der Waals surface area contributed by atoms with Gasteiger partial charge in [0, 0.05) is 88.1 Å². The fraction of sp³-hybridized carbons (Fsp3) is 0.511. The predicted octanol–water partition coefficient (Wildman–Crippen LogP) is 17.4. The van der Waals surface area contributed by atoms with E-state index in [-0.39, 0.29) is 92.2 Å². The lowest BCUT2D eigenvalue weighted by atomic mass is 9.89. The summed E-state index contributed by atoms with van der Waals surface area (Å²) in [6.45, 7) is 16.0. The summed E-state index contributed by atoms with van der Waals surface area (Å²) in [6, 6.07) is 21.8. The first-order valence-electron chi connectivity index (χ1n) is 43.6. The molecule has 125 heavy (non-hydrogen) atoms. The number of methoxy groups -OCH3 is 2. The van der Waals surface area contributed by atoms with Crippen molar-refractivity contribution < 1.29 is 82.5 Å². The number of ether oxygens (including phenoxy) is 5. The van der Waals surface area contributed by atoms with Crippen molar-refractivity contribution >= 4 is 105 Å². The number of benzene rings is 4. The Morgan fingerprint density at radius 3 is 1.60 bits per heavy atom. The smallest absolute Gasteiger partial charge is 0.496 e. The van der Waals surface area contributed by atoms with Gasteiger partial charge in [0.15, 0.2) is 11.6 Å². The van der Waals surface area contributed by atoms with E-state index in [4.69, 9.17) is 38.9 Å². The van der Waals surface area contributed by atoms with Crippen LogP contribution in [0.1, 0.15) is 209 Å². The van der Waals surface area contributed by atoms with E-state index < -0.39 is 107 Å². The summed E-state index contributed by atoms with van der Waals surface area (Å²) in [5.74, 6) is -1.30.